The van der Waals surface area contributed by atoms with E-state index >= 15 is 0 Å². The van der Waals surface area contributed by atoms with Crippen molar-refractivity contribution in [2.24, 2.45) is 0 Å². The first kappa shape index (κ1) is 21.0. The number of halogens is 2. The Hall–Kier alpha value is -3.26. The van der Waals surface area contributed by atoms with Gasteiger partial charge in [-0.3, -0.25) is 9.69 Å². The molecule has 1 saturated heterocycles. The molecule has 0 unspecified atom stereocenters. The van der Waals surface area contributed by atoms with Gasteiger partial charge in [0.1, 0.15) is 11.5 Å². The Kier molecular flexibility index (Phi) is 5.99. The molecule has 8 heteroatoms. The highest BCUT2D eigenvalue weighted by Crippen LogP contribution is 2.21. The Morgan fingerprint density at radius 1 is 1.06 bits per heavy atom. The molecule has 1 aromatic heterocycles. The van der Waals surface area contributed by atoms with Crippen molar-refractivity contribution < 1.29 is 18.3 Å². The third kappa shape index (κ3) is 4.29. The van der Waals surface area contributed by atoms with Crippen molar-refractivity contribution >= 4 is 5.91 Å². The highest BCUT2D eigenvalue weighted by Gasteiger charge is 2.25. The van der Waals surface area contributed by atoms with Crippen LogP contribution in [0, 0.1) is 18.6 Å². The van der Waals surface area contributed by atoms with Crippen LogP contribution in [0.2, 0.25) is 0 Å². The molecule has 2 heterocycles. The molecular weight excluding hydrogens is 402 g/mol. The normalized spacial score (nSPS) is 14.6. The second-order valence-electron chi connectivity index (χ2n) is 7.54. The molecule has 0 bridgehead atoms. The fourth-order valence-corrected chi connectivity index (χ4v) is 3.83. The topological polar surface area (TPSA) is 50.6 Å². The number of hydrogen-bond acceptors (Lipinski definition) is 4. The monoisotopic (exact) mass is 426 g/mol. The van der Waals surface area contributed by atoms with Crippen molar-refractivity contribution in [3.63, 3.8) is 0 Å². The smallest absolute Gasteiger partial charge is 0.257 e. The summed E-state index contributed by atoms with van der Waals surface area (Å²) in [7, 11) is 1.44. The van der Waals surface area contributed by atoms with E-state index in [-0.39, 0.29) is 17.5 Å². The number of carbonyl (C=O) groups is 1. The third-order valence-corrected chi connectivity index (χ3v) is 5.60. The third-order valence-electron chi connectivity index (χ3n) is 5.60. The summed E-state index contributed by atoms with van der Waals surface area (Å²) in [5, 5.41) is 4.23. The van der Waals surface area contributed by atoms with Crippen molar-refractivity contribution in [3.8, 4) is 11.4 Å². The number of hydrogen-bond donors (Lipinski definition) is 0. The molecule has 0 spiro atoms. The Labute approximate surface area is 179 Å². The lowest BCUT2D eigenvalue weighted by Crippen LogP contribution is -2.48. The summed E-state index contributed by atoms with van der Waals surface area (Å²) in [6, 6.07) is 11.3. The summed E-state index contributed by atoms with van der Waals surface area (Å²) in [6.07, 6.45) is 1.50. The van der Waals surface area contributed by atoms with Crippen LogP contribution in [0.1, 0.15) is 21.6 Å². The maximum Gasteiger partial charge on any atom is 0.257 e. The van der Waals surface area contributed by atoms with Crippen LogP contribution in [0.4, 0.5) is 8.78 Å². The average Bonchev–Trinajstić information content (AvgIpc) is 3.15. The number of methoxy groups -OCH3 is 1. The van der Waals surface area contributed by atoms with E-state index < -0.39 is 5.82 Å². The van der Waals surface area contributed by atoms with Crippen LogP contribution in [0.25, 0.3) is 5.69 Å². The van der Waals surface area contributed by atoms with Gasteiger partial charge in [-0.1, -0.05) is 18.2 Å². The summed E-state index contributed by atoms with van der Waals surface area (Å²) in [5.74, 6) is -0.659. The minimum Gasteiger partial charge on any atom is -0.494 e. The fraction of sp³-hybridized carbons (Fsp3) is 0.304. The molecule has 4 rings (SSSR count). The first-order valence-electron chi connectivity index (χ1n) is 10.1. The van der Waals surface area contributed by atoms with E-state index in [0.717, 1.165) is 5.56 Å². The predicted molar refractivity (Wildman–Crippen MR) is 112 cm³/mol. The molecule has 162 valence electrons. The van der Waals surface area contributed by atoms with Gasteiger partial charge in [0, 0.05) is 32.7 Å². The SMILES string of the molecule is COc1ccc(CN2CCN(C(=O)c3cnn(-c4ccccc4F)c3C)CC2)cc1F. The Balaban J connectivity index is 1.40. The fourth-order valence-electron chi connectivity index (χ4n) is 3.83. The van der Waals surface area contributed by atoms with Gasteiger partial charge in [0.15, 0.2) is 11.6 Å². The van der Waals surface area contributed by atoms with Gasteiger partial charge < -0.3 is 9.64 Å². The lowest BCUT2D eigenvalue weighted by Gasteiger charge is -2.34. The number of benzene rings is 2. The highest BCUT2D eigenvalue weighted by atomic mass is 19.1. The number of para-hydroxylation sites is 1. The summed E-state index contributed by atoms with van der Waals surface area (Å²) in [6.45, 7) is 4.84. The average molecular weight is 426 g/mol. The number of rotatable bonds is 5. The molecule has 31 heavy (non-hydrogen) atoms. The predicted octanol–water partition coefficient (Wildman–Crippen LogP) is 3.43. The molecule has 0 atom stereocenters. The molecule has 1 aliphatic rings. The minimum absolute atomic E-state index is 0.116. The van der Waals surface area contributed by atoms with E-state index in [0.29, 0.717) is 49.7 Å². The first-order chi connectivity index (χ1) is 15.0. The van der Waals surface area contributed by atoms with Gasteiger partial charge >= 0.3 is 0 Å². The van der Waals surface area contributed by atoms with Crippen molar-refractivity contribution in [2.75, 3.05) is 33.3 Å². The standard InChI is InChI=1S/C23H24F2N4O2/c1-16-18(14-26-29(16)21-6-4-3-5-19(21)24)23(30)28-11-9-27(10-12-28)15-17-7-8-22(31-2)20(25)13-17/h3-8,13-14H,9-12,15H2,1-2H3. The largest absolute Gasteiger partial charge is 0.494 e. The van der Waals surface area contributed by atoms with E-state index in [2.05, 4.69) is 10.00 Å². The maximum absolute atomic E-state index is 14.1. The van der Waals surface area contributed by atoms with Crippen LogP contribution in [0.15, 0.2) is 48.7 Å². The molecule has 0 aliphatic carbocycles. The summed E-state index contributed by atoms with van der Waals surface area (Å²) < 4.78 is 34.5. The van der Waals surface area contributed by atoms with Crippen molar-refractivity contribution in [1.82, 2.24) is 19.6 Å². The van der Waals surface area contributed by atoms with Gasteiger partial charge in [-0.15, -0.1) is 0 Å². The lowest BCUT2D eigenvalue weighted by molar-refractivity contribution is 0.0627. The van der Waals surface area contributed by atoms with E-state index in [4.69, 9.17) is 4.74 Å². The zero-order valence-electron chi connectivity index (χ0n) is 17.5. The quantitative estimate of drug-likeness (QED) is 0.627. The maximum atomic E-state index is 14.1. The van der Waals surface area contributed by atoms with Crippen LogP contribution in [-0.4, -0.2) is 58.8 Å². The van der Waals surface area contributed by atoms with E-state index in [9.17, 15) is 13.6 Å². The minimum atomic E-state index is -0.392. The van der Waals surface area contributed by atoms with Crippen LogP contribution in [0.5, 0.6) is 5.75 Å². The second kappa shape index (κ2) is 8.85. The Bertz CT molecular complexity index is 1090. The Morgan fingerprint density at radius 3 is 2.48 bits per heavy atom. The van der Waals surface area contributed by atoms with Crippen LogP contribution >= 0.6 is 0 Å². The van der Waals surface area contributed by atoms with Crippen LogP contribution in [-0.2, 0) is 6.54 Å². The molecule has 0 radical (unpaired) electrons. The summed E-state index contributed by atoms with van der Waals surface area (Å²) >= 11 is 0. The zero-order chi connectivity index (χ0) is 22.0. The van der Waals surface area contributed by atoms with Gasteiger partial charge in [0.2, 0.25) is 0 Å². The lowest BCUT2D eigenvalue weighted by atomic mass is 10.1. The van der Waals surface area contributed by atoms with Gasteiger partial charge in [0.25, 0.3) is 5.91 Å². The number of piperazine rings is 1. The Morgan fingerprint density at radius 2 is 1.81 bits per heavy atom. The van der Waals surface area contributed by atoms with Crippen LogP contribution < -0.4 is 4.74 Å². The van der Waals surface area contributed by atoms with E-state index in [1.165, 1.54) is 30.1 Å². The summed E-state index contributed by atoms with van der Waals surface area (Å²) in [4.78, 5) is 17.0. The number of nitrogens with zero attached hydrogens (tertiary/aromatic N) is 4. The van der Waals surface area contributed by atoms with E-state index in [1.807, 2.05) is 6.07 Å². The molecule has 1 aliphatic heterocycles. The summed E-state index contributed by atoms with van der Waals surface area (Å²) in [5.41, 5.74) is 2.25. The molecule has 0 N–H and O–H groups in total. The van der Waals surface area contributed by atoms with Crippen molar-refractivity contribution in [3.05, 3.63) is 77.1 Å². The van der Waals surface area contributed by atoms with Crippen LogP contribution in [0.3, 0.4) is 0 Å². The van der Waals surface area contributed by atoms with Gasteiger partial charge in [-0.2, -0.15) is 5.10 Å². The second-order valence-corrected chi connectivity index (χ2v) is 7.54. The number of aromatic nitrogens is 2. The molecule has 3 aromatic rings. The number of amides is 1. The molecule has 0 saturated carbocycles. The van der Waals surface area contributed by atoms with Crippen molar-refractivity contribution in [2.45, 2.75) is 13.5 Å². The molecule has 1 amide bonds. The van der Waals surface area contributed by atoms with Gasteiger partial charge in [0.05, 0.1) is 24.6 Å². The highest BCUT2D eigenvalue weighted by molar-refractivity contribution is 5.95. The van der Waals surface area contributed by atoms with Crippen molar-refractivity contribution in [1.29, 1.82) is 0 Å². The molecule has 6 nitrogen and oxygen atoms in total. The molecule has 2 aromatic carbocycles. The zero-order valence-corrected chi connectivity index (χ0v) is 17.5. The molecule has 1 fully saturated rings. The first-order valence-corrected chi connectivity index (χ1v) is 10.1. The van der Waals surface area contributed by atoms with E-state index in [1.54, 1.807) is 36.1 Å². The molecular formula is C23H24F2N4O2. The number of carbonyl (C=O) groups excluding carboxylic acids is 1. The van der Waals surface area contributed by atoms with Gasteiger partial charge in [-0.25, -0.2) is 13.5 Å². The number of ether oxygens (including phenoxy) is 1. The van der Waals surface area contributed by atoms with Gasteiger partial charge in [-0.05, 0) is 36.8 Å².